The van der Waals surface area contributed by atoms with Gasteiger partial charge < -0.3 is 14.8 Å². The lowest BCUT2D eigenvalue weighted by Gasteiger charge is -2.27. The van der Waals surface area contributed by atoms with Crippen LogP contribution >= 0.6 is 0 Å². The highest BCUT2D eigenvalue weighted by Crippen LogP contribution is 2.04. The van der Waals surface area contributed by atoms with Crippen molar-refractivity contribution in [2.24, 2.45) is 0 Å². The van der Waals surface area contributed by atoms with Crippen molar-refractivity contribution in [1.82, 2.24) is 5.32 Å². The molecule has 14 heavy (non-hydrogen) atoms. The SMILES string of the molecule is CCOC(=O)C=C[C@H]1NCCO[C@@H]1C. The zero-order valence-electron chi connectivity index (χ0n) is 8.66. The first kappa shape index (κ1) is 11.2. The zero-order chi connectivity index (χ0) is 10.4. The van der Waals surface area contributed by atoms with Crippen LogP contribution in [0.2, 0.25) is 0 Å². The fraction of sp³-hybridized carbons (Fsp3) is 0.700. The number of ether oxygens (including phenoxy) is 2. The Labute approximate surface area is 84.3 Å². The normalized spacial score (nSPS) is 27.9. The second kappa shape index (κ2) is 5.78. The summed E-state index contributed by atoms with van der Waals surface area (Å²) >= 11 is 0. The maximum absolute atomic E-state index is 11.0. The van der Waals surface area contributed by atoms with Crippen LogP contribution in [0.15, 0.2) is 12.2 Å². The van der Waals surface area contributed by atoms with Crippen molar-refractivity contribution in [3.63, 3.8) is 0 Å². The van der Waals surface area contributed by atoms with Crippen LogP contribution in [-0.2, 0) is 14.3 Å². The van der Waals surface area contributed by atoms with Gasteiger partial charge in [0.15, 0.2) is 0 Å². The summed E-state index contributed by atoms with van der Waals surface area (Å²) in [5.74, 6) is -0.299. The average molecular weight is 199 g/mol. The molecule has 4 nitrogen and oxygen atoms in total. The minimum Gasteiger partial charge on any atom is -0.463 e. The summed E-state index contributed by atoms with van der Waals surface area (Å²) in [6.07, 6.45) is 3.35. The van der Waals surface area contributed by atoms with Crippen molar-refractivity contribution in [2.75, 3.05) is 19.8 Å². The lowest BCUT2D eigenvalue weighted by atomic mass is 10.1. The Morgan fingerprint density at radius 1 is 1.71 bits per heavy atom. The Kier molecular flexibility index (Phi) is 4.62. The minimum atomic E-state index is -0.299. The Balaban J connectivity index is 2.37. The summed E-state index contributed by atoms with van der Waals surface area (Å²) in [5, 5.41) is 3.25. The van der Waals surface area contributed by atoms with Gasteiger partial charge in [0, 0.05) is 12.6 Å². The molecule has 80 valence electrons. The topological polar surface area (TPSA) is 47.6 Å². The highest BCUT2D eigenvalue weighted by Gasteiger charge is 2.18. The number of morpholine rings is 1. The van der Waals surface area contributed by atoms with Gasteiger partial charge in [-0.3, -0.25) is 0 Å². The molecule has 0 aliphatic carbocycles. The lowest BCUT2D eigenvalue weighted by Crippen LogP contribution is -2.45. The molecule has 2 atom stereocenters. The molecule has 0 unspecified atom stereocenters. The lowest BCUT2D eigenvalue weighted by molar-refractivity contribution is -0.137. The van der Waals surface area contributed by atoms with Gasteiger partial charge in [-0.1, -0.05) is 6.08 Å². The van der Waals surface area contributed by atoms with E-state index in [2.05, 4.69) is 5.32 Å². The third kappa shape index (κ3) is 3.47. The second-order valence-electron chi connectivity index (χ2n) is 3.17. The van der Waals surface area contributed by atoms with Crippen LogP contribution in [0.25, 0.3) is 0 Å². The number of carbonyl (C=O) groups is 1. The maximum Gasteiger partial charge on any atom is 0.330 e. The molecule has 0 spiro atoms. The van der Waals surface area contributed by atoms with E-state index in [0.717, 1.165) is 13.2 Å². The number of rotatable bonds is 3. The van der Waals surface area contributed by atoms with E-state index in [-0.39, 0.29) is 18.1 Å². The molecule has 1 aliphatic heterocycles. The van der Waals surface area contributed by atoms with Gasteiger partial charge >= 0.3 is 5.97 Å². The van der Waals surface area contributed by atoms with Crippen LogP contribution in [0.3, 0.4) is 0 Å². The van der Waals surface area contributed by atoms with E-state index < -0.39 is 0 Å². The fourth-order valence-corrected chi connectivity index (χ4v) is 1.34. The van der Waals surface area contributed by atoms with Crippen molar-refractivity contribution in [3.8, 4) is 0 Å². The van der Waals surface area contributed by atoms with Crippen molar-refractivity contribution in [1.29, 1.82) is 0 Å². The van der Waals surface area contributed by atoms with Crippen LogP contribution in [0.1, 0.15) is 13.8 Å². The predicted molar refractivity (Wildman–Crippen MR) is 53.0 cm³/mol. The summed E-state index contributed by atoms with van der Waals surface area (Å²) < 4.78 is 10.2. The van der Waals surface area contributed by atoms with Crippen LogP contribution in [0, 0.1) is 0 Å². The van der Waals surface area contributed by atoms with E-state index in [4.69, 9.17) is 9.47 Å². The van der Waals surface area contributed by atoms with Gasteiger partial charge in [0.25, 0.3) is 0 Å². The highest BCUT2D eigenvalue weighted by molar-refractivity contribution is 5.82. The van der Waals surface area contributed by atoms with Crippen molar-refractivity contribution in [3.05, 3.63) is 12.2 Å². The molecule has 1 N–H and O–H groups in total. The highest BCUT2D eigenvalue weighted by atomic mass is 16.5. The van der Waals surface area contributed by atoms with Gasteiger partial charge in [0.1, 0.15) is 0 Å². The average Bonchev–Trinajstić information content (AvgIpc) is 2.17. The second-order valence-corrected chi connectivity index (χ2v) is 3.17. The molecule has 0 amide bonds. The van der Waals surface area contributed by atoms with Gasteiger partial charge in [-0.05, 0) is 13.8 Å². The molecule has 0 saturated carbocycles. The van der Waals surface area contributed by atoms with E-state index in [9.17, 15) is 4.79 Å². The van der Waals surface area contributed by atoms with Crippen molar-refractivity contribution < 1.29 is 14.3 Å². The fourth-order valence-electron chi connectivity index (χ4n) is 1.34. The van der Waals surface area contributed by atoms with E-state index >= 15 is 0 Å². The zero-order valence-corrected chi connectivity index (χ0v) is 8.66. The molecule has 1 fully saturated rings. The van der Waals surface area contributed by atoms with Gasteiger partial charge in [0.05, 0.1) is 25.4 Å². The summed E-state index contributed by atoms with van der Waals surface area (Å²) in [5.41, 5.74) is 0. The molecule has 1 aliphatic rings. The van der Waals surface area contributed by atoms with Gasteiger partial charge in [-0.25, -0.2) is 4.79 Å². The summed E-state index contributed by atoms with van der Waals surface area (Å²) in [6.45, 7) is 5.73. The first-order valence-corrected chi connectivity index (χ1v) is 4.94. The standard InChI is InChI=1S/C10H17NO3/c1-3-13-10(12)5-4-9-8(2)14-7-6-11-9/h4-5,8-9,11H,3,6-7H2,1-2H3/t8-,9-/m1/s1. The van der Waals surface area contributed by atoms with Crippen LogP contribution < -0.4 is 5.32 Å². The third-order valence-electron chi connectivity index (χ3n) is 2.09. The summed E-state index contributed by atoms with van der Waals surface area (Å²) in [6, 6.07) is 0.105. The van der Waals surface area contributed by atoms with Gasteiger partial charge in [0.2, 0.25) is 0 Å². The molecular formula is C10H17NO3. The monoisotopic (exact) mass is 199 g/mol. The number of hydrogen-bond donors (Lipinski definition) is 1. The van der Waals surface area contributed by atoms with E-state index in [1.165, 1.54) is 6.08 Å². The molecular weight excluding hydrogens is 182 g/mol. The molecule has 0 bridgehead atoms. The number of carbonyl (C=O) groups excluding carboxylic acids is 1. The Bertz CT molecular complexity index is 215. The smallest absolute Gasteiger partial charge is 0.330 e. The molecule has 0 aromatic rings. The Hall–Kier alpha value is -0.870. The molecule has 0 aromatic carbocycles. The largest absolute Gasteiger partial charge is 0.463 e. The molecule has 1 heterocycles. The molecule has 0 radical (unpaired) electrons. The Morgan fingerprint density at radius 2 is 2.50 bits per heavy atom. The number of hydrogen-bond acceptors (Lipinski definition) is 4. The summed E-state index contributed by atoms with van der Waals surface area (Å²) in [7, 11) is 0. The van der Waals surface area contributed by atoms with Crippen LogP contribution in [0.5, 0.6) is 0 Å². The molecule has 0 aromatic heterocycles. The number of nitrogens with one attached hydrogen (secondary N) is 1. The maximum atomic E-state index is 11.0. The van der Waals surface area contributed by atoms with E-state index in [1.807, 2.05) is 6.92 Å². The van der Waals surface area contributed by atoms with Crippen LogP contribution in [0.4, 0.5) is 0 Å². The first-order chi connectivity index (χ1) is 6.74. The van der Waals surface area contributed by atoms with Crippen molar-refractivity contribution in [2.45, 2.75) is 26.0 Å². The molecule has 1 saturated heterocycles. The van der Waals surface area contributed by atoms with Gasteiger partial charge in [-0.15, -0.1) is 0 Å². The Morgan fingerprint density at radius 3 is 3.14 bits per heavy atom. The van der Waals surface area contributed by atoms with Gasteiger partial charge in [-0.2, -0.15) is 0 Å². The van der Waals surface area contributed by atoms with Crippen LogP contribution in [-0.4, -0.2) is 37.9 Å². The molecule has 1 rings (SSSR count). The number of esters is 1. The minimum absolute atomic E-state index is 0.105. The first-order valence-electron chi connectivity index (χ1n) is 4.94. The van der Waals surface area contributed by atoms with Crippen molar-refractivity contribution >= 4 is 5.97 Å². The van der Waals surface area contributed by atoms with E-state index in [1.54, 1.807) is 13.0 Å². The third-order valence-corrected chi connectivity index (χ3v) is 2.09. The molecule has 4 heteroatoms. The summed E-state index contributed by atoms with van der Waals surface area (Å²) in [4.78, 5) is 11.0. The predicted octanol–water partition coefficient (Wildman–Crippen LogP) is 0.483. The van der Waals surface area contributed by atoms with E-state index in [0.29, 0.717) is 6.61 Å². The quantitative estimate of drug-likeness (QED) is 0.530.